The van der Waals surface area contributed by atoms with E-state index in [2.05, 4.69) is 10.0 Å². The van der Waals surface area contributed by atoms with E-state index in [1.54, 1.807) is 24.3 Å². The summed E-state index contributed by atoms with van der Waals surface area (Å²) in [6.45, 7) is -0.482. The normalized spacial score (nSPS) is 12.7. The summed E-state index contributed by atoms with van der Waals surface area (Å²) < 4.78 is 63.8. The predicted octanol–water partition coefficient (Wildman–Crippen LogP) is 3.27. The van der Waals surface area contributed by atoms with Crippen LogP contribution in [-0.4, -0.2) is 42.3 Å². The number of nitrogens with one attached hydrogen (secondary N) is 2. The lowest BCUT2D eigenvalue weighted by atomic mass is 10.2. The number of anilines is 3. The topological polar surface area (TPSA) is 131 Å². The lowest BCUT2D eigenvalue weighted by Gasteiger charge is -2.22. The van der Waals surface area contributed by atoms with E-state index >= 15 is 0 Å². The van der Waals surface area contributed by atoms with Crippen molar-refractivity contribution in [3.05, 3.63) is 71.8 Å². The Morgan fingerprint density at radius 1 is 0.971 bits per heavy atom. The number of para-hydroxylation sites is 1. The Morgan fingerprint density at radius 2 is 1.66 bits per heavy atom. The molecule has 13 heteroatoms. The second kappa shape index (κ2) is 9.64. The molecular formula is C22H20ClN3O7S2. The zero-order valence-corrected chi connectivity index (χ0v) is 20.7. The van der Waals surface area contributed by atoms with Crippen molar-refractivity contribution in [3.63, 3.8) is 0 Å². The van der Waals surface area contributed by atoms with E-state index in [4.69, 9.17) is 21.1 Å². The van der Waals surface area contributed by atoms with Crippen LogP contribution in [0.4, 0.5) is 17.1 Å². The number of carbonyl (C=O) groups excluding carboxylic acids is 1. The van der Waals surface area contributed by atoms with Gasteiger partial charge in [0.1, 0.15) is 6.54 Å². The van der Waals surface area contributed by atoms with E-state index in [0.717, 1.165) is 10.6 Å². The first-order valence-corrected chi connectivity index (χ1v) is 13.8. The van der Waals surface area contributed by atoms with Gasteiger partial charge in [0.05, 0.1) is 27.5 Å². The summed E-state index contributed by atoms with van der Waals surface area (Å²) in [4.78, 5) is 12.6. The highest BCUT2D eigenvalue weighted by atomic mass is 35.5. The molecule has 0 atom stereocenters. The summed E-state index contributed by atoms with van der Waals surface area (Å²) in [5, 5.41) is 2.81. The van der Waals surface area contributed by atoms with Crippen molar-refractivity contribution in [1.82, 2.24) is 0 Å². The number of hydrogen-bond acceptors (Lipinski definition) is 7. The zero-order chi connectivity index (χ0) is 25.2. The molecule has 1 heterocycles. The van der Waals surface area contributed by atoms with Gasteiger partial charge in [-0.3, -0.25) is 13.8 Å². The van der Waals surface area contributed by atoms with Gasteiger partial charge in [0.2, 0.25) is 22.7 Å². The number of rotatable bonds is 8. The Morgan fingerprint density at radius 3 is 2.34 bits per heavy atom. The minimum atomic E-state index is -3.92. The van der Waals surface area contributed by atoms with Crippen LogP contribution in [0, 0.1) is 0 Å². The van der Waals surface area contributed by atoms with Crippen LogP contribution in [0.1, 0.15) is 0 Å². The van der Waals surface area contributed by atoms with E-state index in [1.807, 2.05) is 0 Å². The number of nitrogens with zero attached hydrogens (tertiary/aromatic N) is 1. The third-order valence-corrected chi connectivity index (χ3v) is 7.75. The van der Waals surface area contributed by atoms with Crippen molar-refractivity contribution in [1.29, 1.82) is 0 Å². The molecule has 3 aromatic rings. The molecule has 10 nitrogen and oxygen atoms in total. The average Bonchev–Trinajstić information content (AvgIpc) is 3.26. The van der Waals surface area contributed by atoms with Gasteiger partial charge in [-0.15, -0.1) is 0 Å². The van der Waals surface area contributed by atoms with E-state index in [-0.39, 0.29) is 33.8 Å². The number of amides is 1. The van der Waals surface area contributed by atoms with E-state index in [1.165, 1.54) is 42.5 Å². The Balaban J connectivity index is 1.46. The number of benzene rings is 3. The van der Waals surface area contributed by atoms with E-state index < -0.39 is 32.5 Å². The number of hydrogen-bond donors (Lipinski definition) is 2. The fourth-order valence-electron chi connectivity index (χ4n) is 3.24. The van der Waals surface area contributed by atoms with Crippen molar-refractivity contribution < 1.29 is 31.1 Å². The number of fused-ring (bicyclic) bond motifs is 1. The molecule has 0 unspecified atom stereocenters. The Labute approximate surface area is 207 Å². The van der Waals surface area contributed by atoms with Gasteiger partial charge in [0, 0.05) is 11.8 Å². The van der Waals surface area contributed by atoms with Crippen LogP contribution in [0.5, 0.6) is 11.5 Å². The highest BCUT2D eigenvalue weighted by molar-refractivity contribution is 7.92. The average molecular weight is 538 g/mol. The highest BCUT2D eigenvalue weighted by Gasteiger charge is 2.24. The molecule has 0 saturated carbocycles. The zero-order valence-electron chi connectivity index (χ0n) is 18.3. The quantitative estimate of drug-likeness (QED) is 0.451. The summed E-state index contributed by atoms with van der Waals surface area (Å²) in [6, 6.07) is 16.3. The molecule has 1 aliphatic heterocycles. The second-order valence-electron chi connectivity index (χ2n) is 7.47. The summed E-state index contributed by atoms with van der Waals surface area (Å²) >= 11 is 6.01. The number of sulfonamides is 2. The molecule has 0 spiro atoms. The molecule has 3 aromatic carbocycles. The van der Waals surface area contributed by atoms with Crippen molar-refractivity contribution >= 4 is 54.6 Å². The molecular weight excluding hydrogens is 518 g/mol. The van der Waals surface area contributed by atoms with Crippen LogP contribution in [0.3, 0.4) is 0 Å². The summed E-state index contributed by atoms with van der Waals surface area (Å²) in [7, 11) is -7.72. The first-order valence-electron chi connectivity index (χ1n) is 10.1. The fraction of sp³-hybridized carbons (Fsp3) is 0.136. The van der Waals surface area contributed by atoms with Crippen molar-refractivity contribution in [2.24, 2.45) is 0 Å². The molecule has 0 radical (unpaired) electrons. The van der Waals surface area contributed by atoms with Crippen LogP contribution >= 0.6 is 11.6 Å². The SMILES string of the molecule is CS(=O)(=O)N(CC(=O)Nc1ccc(S(=O)(=O)Nc2ccccc2Cl)cc1)c1ccc2c(c1)OCO2. The first-order chi connectivity index (χ1) is 16.5. The Bertz CT molecular complexity index is 1480. The van der Waals surface area contributed by atoms with Crippen molar-refractivity contribution in [2.45, 2.75) is 4.90 Å². The smallest absolute Gasteiger partial charge is 0.261 e. The maximum atomic E-state index is 12.6. The Hall–Kier alpha value is -3.48. The lowest BCUT2D eigenvalue weighted by Crippen LogP contribution is -2.37. The fourth-order valence-corrected chi connectivity index (χ4v) is 5.40. The number of halogens is 1. The maximum absolute atomic E-state index is 12.6. The third-order valence-electron chi connectivity index (χ3n) is 4.90. The molecule has 0 saturated heterocycles. The molecule has 0 aliphatic carbocycles. The lowest BCUT2D eigenvalue weighted by molar-refractivity contribution is -0.114. The molecule has 2 N–H and O–H groups in total. The van der Waals surface area contributed by atoms with Crippen LogP contribution in [0.2, 0.25) is 5.02 Å². The van der Waals surface area contributed by atoms with Gasteiger partial charge < -0.3 is 14.8 Å². The third kappa shape index (κ3) is 5.78. The second-order valence-corrected chi connectivity index (χ2v) is 11.5. The molecule has 1 amide bonds. The molecule has 0 fully saturated rings. The molecule has 0 aromatic heterocycles. The summed E-state index contributed by atoms with van der Waals surface area (Å²) in [5.74, 6) is 0.224. The summed E-state index contributed by atoms with van der Waals surface area (Å²) in [5.41, 5.74) is 0.751. The monoisotopic (exact) mass is 537 g/mol. The van der Waals surface area contributed by atoms with Crippen molar-refractivity contribution in [2.75, 3.05) is 33.9 Å². The first kappa shape index (κ1) is 24.6. The van der Waals surface area contributed by atoms with Crippen LogP contribution in [-0.2, 0) is 24.8 Å². The standard InChI is InChI=1S/C22H20ClN3O7S2/c1-34(28,29)26(16-8-11-20-21(12-16)33-14-32-20)13-22(27)24-15-6-9-17(10-7-15)35(30,31)25-19-5-3-2-4-18(19)23/h2-12,25H,13-14H2,1H3,(H,24,27). The minimum Gasteiger partial charge on any atom is -0.454 e. The van der Waals surface area contributed by atoms with Gasteiger partial charge >= 0.3 is 0 Å². The van der Waals surface area contributed by atoms with Gasteiger partial charge in [-0.05, 0) is 48.5 Å². The molecule has 4 rings (SSSR count). The highest BCUT2D eigenvalue weighted by Crippen LogP contribution is 2.36. The van der Waals surface area contributed by atoms with Gasteiger partial charge in [-0.2, -0.15) is 0 Å². The molecule has 35 heavy (non-hydrogen) atoms. The van der Waals surface area contributed by atoms with E-state index in [0.29, 0.717) is 11.5 Å². The largest absolute Gasteiger partial charge is 0.454 e. The summed E-state index contributed by atoms with van der Waals surface area (Å²) in [6.07, 6.45) is 0.983. The van der Waals surface area contributed by atoms with Gasteiger partial charge in [-0.1, -0.05) is 23.7 Å². The Kier molecular flexibility index (Phi) is 6.79. The maximum Gasteiger partial charge on any atom is 0.261 e. The van der Waals surface area contributed by atoms with Crippen LogP contribution < -0.4 is 23.8 Å². The predicted molar refractivity (Wildman–Crippen MR) is 132 cm³/mol. The van der Waals surface area contributed by atoms with E-state index in [9.17, 15) is 21.6 Å². The van der Waals surface area contributed by atoms with Gasteiger partial charge in [-0.25, -0.2) is 16.8 Å². The van der Waals surface area contributed by atoms with Crippen LogP contribution in [0.25, 0.3) is 0 Å². The minimum absolute atomic E-state index is 0.0256. The number of carbonyl (C=O) groups is 1. The molecule has 0 bridgehead atoms. The van der Waals surface area contributed by atoms with Gasteiger partial charge in [0.25, 0.3) is 10.0 Å². The van der Waals surface area contributed by atoms with Crippen molar-refractivity contribution in [3.8, 4) is 11.5 Å². The molecule has 1 aliphatic rings. The molecule has 184 valence electrons. The van der Waals surface area contributed by atoms with Crippen LogP contribution in [0.15, 0.2) is 71.6 Å². The van der Waals surface area contributed by atoms with Gasteiger partial charge in [0.15, 0.2) is 11.5 Å². The number of ether oxygens (including phenoxy) is 2.